The van der Waals surface area contributed by atoms with Crippen LogP contribution >= 0.6 is 12.2 Å². The van der Waals surface area contributed by atoms with E-state index in [9.17, 15) is 8.78 Å². The maximum absolute atomic E-state index is 12.6. The van der Waals surface area contributed by atoms with E-state index in [1.54, 1.807) is 0 Å². The molecule has 0 aliphatic rings. The van der Waals surface area contributed by atoms with Crippen LogP contribution in [0.4, 0.5) is 8.78 Å². The summed E-state index contributed by atoms with van der Waals surface area (Å²) in [6.45, 7) is 2.57. The van der Waals surface area contributed by atoms with Gasteiger partial charge >= 0.3 is 0 Å². The Bertz CT molecular complexity index is 311. The second kappa shape index (κ2) is 8.04. The molecule has 5 nitrogen and oxygen atoms in total. The fraction of sp³-hybridized carbons (Fsp3) is 0.556. The van der Waals surface area contributed by atoms with Crippen LogP contribution in [-0.2, 0) is 4.74 Å². The topological polar surface area (TPSA) is 57.1 Å². The normalized spacial score (nSPS) is 12.1. The summed E-state index contributed by atoms with van der Waals surface area (Å²) in [6.07, 6.45) is -2.82. The number of nitrogens with zero attached hydrogens (tertiary/aromatic N) is 2. The van der Waals surface area contributed by atoms with E-state index in [0.717, 1.165) is 5.01 Å². The van der Waals surface area contributed by atoms with E-state index >= 15 is 0 Å². The Morgan fingerprint density at radius 2 is 2.24 bits per heavy atom. The van der Waals surface area contributed by atoms with Crippen molar-refractivity contribution < 1.29 is 18.6 Å². The number of hydrazine groups is 1. The molecule has 0 aliphatic carbocycles. The molecule has 0 aromatic carbocycles. The molecule has 0 aromatic rings. The fourth-order valence-electron chi connectivity index (χ4n) is 1.06. The highest BCUT2D eigenvalue weighted by Gasteiger charge is 2.18. The monoisotopic (exact) mass is 267 g/mol. The molecule has 0 saturated heterocycles. The highest BCUT2D eigenvalue weighted by molar-refractivity contribution is 7.80. The molecule has 0 aliphatic heterocycles. The van der Waals surface area contributed by atoms with Crippen LogP contribution in [0.3, 0.4) is 0 Å². The van der Waals surface area contributed by atoms with Crippen molar-refractivity contribution in [2.24, 2.45) is 4.99 Å². The Morgan fingerprint density at radius 1 is 1.65 bits per heavy atom. The number of ether oxygens (including phenoxy) is 1. The number of aliphatic hydroxyl groups is 1. The molecule has 0 radical (unpaired) electrons. The van der Waals surface area contributed by atoms with Gasteiger partial charge in [0, 0.05) is 14.2 Å². The quantitative estimate of drug-likeness (QED) is 0.401. The minimum atomic E-state index is -2.82. The van der Waals surface area contributed by atoms with Crippen LogP contribution in [0, 0.1) is 0 Å². The van der Waals surface area contributed by atoms with Gasteiger partial charge in [-0.3, -0.25) is 15.4 Å². The number of thiocarbonyl (C=S) groups is 1. The van der Waals surface area contributed by atoms with E-state index in [0.29, 0.717) is 4.99 Å². The van der Waals surface area contributed by atoms with Crippen molar-refractivity contribution in [3.05, 3.63) is 11.4 Å². The predicted molar refractivity (Wildman–Crippen MR) is 65.0 cm³/mol. The Morgan fingerprint density at radius 3 is 2.59 bits per heavy atom. The van der Waals surface area contributed by atoms with Gasteiger partial charge in [-0.15, -0.1) is 0 Å². The summed E-state index contributed by atoms with van der Waals surface area (Å²) in [5, 5.41) is 10.2. The predicted octanol–water partition coefficient (Wildman–Crippen LogP) is 0.566. The van der Waals surface area contributed by atoms with Gasteiger partial charge in [-0.1, -0.05) is 12.2 Å². The first kappa shape index (κ1) is 15.9. The molecule has 98 valence electrons. The van der Waals surface area contributed by atoms with Gasteiger partial charge in [0.2, 0.25) is 0 Å². The minimum Gasteiger partial charge on any atom is -0.390 e. The van der Waals surface area contributed by atoms with Crippen LogP contribution < -0.4 is 5.43 Å². The number of hydrogen-bond donors (Lipinski definition) is 2. The van der Waals surface area contributed by atoms with Crippen molar-refractivity contribution in [3.8, 4) is 0 Å². The zero-order valence-electron chi connectivity index (χ0n) is 9.61. The Balaban J connectivity index is 4.86. The molecule has 0 unspecified atom stereocenters. The molecule has 2 N–H and O–H groups in total. The van der Waals surface area contributed by atoms with Crippen molar-refractivity contribution in [1.29, 1.82) is 0 Å². The third-order valence-corrected chi connectivity index (χ3v) is 2.00. The first-order valence-electron chi connectivity index (χ1n) is 4.58. The lowest BCUT2D eigenvalue weighted by Crippen LogP contribution is -2.41. The van der Waals surface area contributed by atoms with E-state index in [4.69, 9.17) is 22.1 Å². The summed E-state index contributed by atoms with van der Waals surface area (Å²) >= 11 is 4.87. The molecule has 0 bridgehead atoms. The average molecular weight is 267 g/mol. The average Bonchev–Trinajstić information content (AvgIpc) is 2.24. The lowest BCUT2D eigenvalue weighted by atomic mass is 10.3. The standard InChI is InChI=1S/C9H15F2N3O2S/c1-12-8(9(10)11)6(4-15)14(2)13-7(17)5-16-3/h9,15H,1,4-5H2,2-3H3,(H,13,17)/b8-6-. The van der Waals surface area contributed by atoms with E-state index in [1.807, 2.05) is 0 Å². The van der Waals surface area contributed by atoms with Gasteiger partial charge in [0.15, 0.2) is 0 Å². The minimum absolute atomic E-state index is 0.103. The largest absolute Gasteiger partial charge is 0.390 e. The number of hydrogen-bond acceptors (Lipinski definition) is 5. The van der Waals surface area contributed by atoms with Gasteiger partial charge < -0.3 is 9.84 Å². The third kappa shape index (κ3) is 5.16. The number of alkyl halides is 2. The number of aliphatic hydroxyl groups excluding tert-OH is 1. The number of nitrogens with one attached hydrogen (secondary N) is 1. The maximum atomic E-state index is 12.6. The molecule has 17 heavy (non-hydrogen) atoms. The summed E-state index contributed by atoms with van der Waals surface area (Å²) in [7, 11) is 2.88. The summed E-state index contributed by atoms with van der Waals surface area (Å²) in [4.78, 5) is 3.49. The zero-order valence-corrected chi connectivity index (χ0v) is 10.4. The molecular weight excluding hydrogens is 252 g/mol. The summed E-state index contributed by atoms with van der Waals surface area (Å²) in [6, 6.07) is 0. The SMILES string of the molecule is C=N/C(=C(/CO)N(C)NC(=S)COC)C(F)F. The molecule has 0 atom stereocenters. The Hall–Kier alpha value is -1.12. The van der Waals surface area contributed by atoms with Crippen LogP contribution in [0.1, 0.15) is 0 Å². The smallest absolute Gasteiger partial charge is 0.282 e. The number of halogens is 2. The molecule has 0 amide bonds. The van der Waals surface area contributed by atoms with E-state index < -0.39 is 18.7 Å². The lowest BCUT2D eigenvalue weighted by molar-refractivity contribution is 0.172. The number of allylic oxidation sites excluding steroid dienone is 1. The Labute approximate surface area is 104 Å². The van der Waals surface area contributed by atoms with Crippen LogP contribution in [0.15, 0.2) is 16.4 Å². The molecular formula is C9H15F2N3O2S. The van der Waals surface area contributed by atoms with E-state index in [-0.39, 0.29) is 12.3 Å². The highest BCUT2D eigenvalue weighted by Crippen LogP contribution is 2.16. The number of aliphatic imine (C=N–C) groups is 1. The zero-order chi connectivity index (χ0) is 13.4. The first-order chi connectivity index (χ1) is 7.97. The van der Waals surface area contributed by atoms with Crippen LogP contribution in [0.2, 0.25) is 0 Å². The van der Waals surface area contributed by atoms with Gasteiger partial charge in [-0.25, -0.2) is 8.78 Å². The van der Waals surface area contributed by atoms with Crippen molar-refractivity contribution in [3.63, 3.8) is 0 Å². The third-order valence-electron chi connectivity index (χ3n) is 1.80. The van der Waals surface area contributed by atoms with E-state index in [2.05, 4.69) is 17.1 Å². The highest BCUT2D eigenvalue weighted by atomic mass is 32.1. The second-order valence-electron chi connectivity index (χ2n) is 2.98. The lowest BCUT2D eigenvalue weighted by Gasteiger charge is -2.24. The summed E-state index contributed by atoms with van der Waals surface area (Å²) < 4.78 is 29.9. The number of rotatable bonds is 7. The van der Waals surface area contributed by atoms with Gasteiger partial charge in [-0.05, 0) is 6.72 Å². The number of likely N-dealkylation sites (N-methyl/N-ethyl adjacent to an activating group) is 1. The molecule has 0 saturated carbocycles. The second-order valence-corrected chi connectivity index (χ2v) is 3.47. The molecule has 8 heteroatoms. The molecule has 0 aromatic heterocycles. The molecule has 0 spiro atoms. The van der Waals surface area contributed by atoms with Crippen molar-refractivity contribution in [2.45, 2.75) is 6.43 Å². The molecule has 0 heterocycles. The van der Waals surface area contributed by atoms with Gasteiger partial charge in [0.25, 0.3) is 6.43 Å². The van der Waals surface area contributed by atoms with E-state index in [1.165, 1.54) is 14.2 Å². The Kier molecular flexibility index (Phi) is 7.51. The molecule has 0 fully saturated rings. The van der Waals surface area contributed by atoms with Crippen LogP contribution in [0.25, 0.3) is 0 Å². The fourth-order valence-corrected chi connectivity index (χ4v) is 1.32. The summed E-state index contributed by atoms with van der Waals surface area (Å²) in [5.74, 6) is 0. The van der Waals surface area contributed by atoms with Crippen molar-refractivity contribution >= 4 is 23.9 Å². The maximum Gasteiger partial charge on any atom is 0.282 e. The van der Waals surface area contributed by atoms with Gasteiger partial charge in [-0.2, -0.15) is 0 Å². The summed E-state index contributed by atoms with van der Waals surface area (Å²) in [5.41, 5.74) is 1.90. The molecule has 0 rings (SSSR count). The van der Waals surface area contributed by atoms with Crippen molar-refractivity contribution in [1.82, 2.24) is 10.4 Å². The van der Waals surface area contributed by atoms with Gasteiger partial charge in [0.1, 0.15) is 10.7 Å². The van der Waals surface area contributed by atoms with Crippen LogP contribution in [0.5, 0.6) is 0 Å². The van der Waals surface area contributed by atoms with Gasteiger partial charge in [0.05, 0.1) is 18.9 Å². The first-order valence-corrected chi connectivity index (χ1v) is 4.99. The number of methoxy groups -OCH3 is 1. The van der Waals surface area contributed by atoms with Crippen LogP contribution in [-0.4, -0.2) is 55.6 Å². The van der Waals surface area contributed by atoms with Crippen molar-refractivity contribution in [2.75, 3.05) is 27.4 Å².